The standard InChI is InChI=1S/C12H17N3O2/c1-2-15-10(13-7-14-15)6-12(11(16)17)4-8-3-9(8)5-12/h7-9H,2-6H2,1H3,(H,16,17). The van der Waals surface area contributed by atoms with Crippen molar-refractivity contribution < 1.29 is 9.90 Å². The van der Waals surface area contributed by atoms with Gasteiger partial charge < -0.3 is 5.11 Å². The van der Waals surface area contributed by atoms with Gasteiger partial charge in [-0.25, -0.2) is 4.98 Å². The molecule has 2 saturated carbocycles. The van der Waals surface area contributed by atoms with Crippen molar-refractivity contribution in [2.45, 2.75) is 39.2 Å². The monoisotopic (exact) mass is 235 g/mol. The number of aromatic nitrogens is 3. The molecule has 92 valence electrons. The van der Waals surface area contributed by atoms with Gasteiger partial charge in [0.05, 0.1) is 5.41 Å². The SMILES string of the molecule is CCn1ncnc1CC1(C(=O)O)CC2CC2C1. The normalized spacial score (nSPS) is 34.6. The molecule has 5 nitrogen and oxygen atoms in total. The number of aryl methyl sites for hydroxylation is 1. The van der Waals surface area contributed by atoms with Crippen LogP contribution >= 0.6 is 0 Å². The highest BCUT2D eigenvalue weighted by atomic mass is 16.4. The molecule has 1 heterocycles. The fourth-order valence-electron chi connectivity index (χ4n) is 3.28. The molecule has 17 heavy (non-hydrogen) atoms. The van der Waals surface area contributed by atoms with Crippen molar-refractivity contribution in [3.05, 3.63) is 12.2 Å². The number of nitrogens with zero attached hydrogens (tertiary/aromatic N) is 3. The molecule has 0 radical (unpaired) electrons. The Labute approximate surface area is 99.9 Å². The van der Waals surface area contributed by atoms with E-state index in [9.17, 15) is 9.90 Å². The van der Waals surface area contributed by atoms with E-state index in [1.165, 1.54) is 12.7 Å². The number of carboxylic acid groups (broad SMARTS) is 1. The summed E-state index contributed by atoms with van der Waals surface area (Å²) in [5.41, 5.74) is -0.576. The second kappa shape index (κ2) is 3.55. The van der Waals surface area contributed by atoms with E-state index in [1.807, 2.05) is 6.92 Å². The van der Waals surface area contributed by atoms with Crippen molar-refractivity contribution in [3.8, 4) is 0 Å². The van der Waals surface area contributed by atoms with E-state index in [0.717, 1.165) is 25.2 Å². The third-order valence-corrected chi connectivity index (χ3v) is 4.32. The van der Waals surface area contributed by atoms with Gasteiger partial charge in [0.25, 0.3) is 0 Å². The summed E-state index contributed by atoms with van der Waals surface area (Å²) in [6.45, 7) is 2.75. The lowest BCUT2D eigenvalue weighted by molar-refractivity contribution is -0.149. The molecule has 1 aromatic rings. The van der Waals surface area contributed by atoms with E-state index in [0.29, 0.717) is 18.3 Å². The summed E-state index contributed by atoms with van der Waals surface area (Å²) >= 11 is 0. The molecule has 0 spiro atoms. The maximum Gasteiger partial charge on any atom is 0.310 e. The van der Waals surface area contributed by atoms with E-state index in [2.05, 4.69) is 10.1 Å². The Morgan fingerprint density at radius 1 is 1.59 bits per heavy atom. The Kier molecular flexibility index (Phi) is 2.24. The van der Waals surface area contributed by atoms with Crippen molar-refractivity contribution in [1.29, 1.82) is 0 Å². The van der Waals surface area contributed by atoms with E-state index in [-0.39, 0.29) is 0 Å². The molecule has 2 aliphatic rings. The predicted octanol–water partition coefficient (Wildman–Crippen LogP) is 1.34. The zero-order valence-corrected chi connectivity index (χ0v) is 9.96. The van der Waals surface area contributed by atoms with Crippen LogP contribution in [-0.4, -0.2) is 25.8 Å². The molecular formula is C12H17N3O2. The third kappa shape index (κ3) is 1.64. The van der Waals surface area contributed by atoms with Crippen molar-refractivity contribution in [3.63, 3.8) is 0 Å². The van der Waals surface area contributed by atoms with Gasteiger partial charge in [-0.15, -0.1) is 0 Å². The van der Waals surface area contributed by atoms with Crippen molar-refractivity contribution in [2.75, 3.05) is 0 Å². The molecule has 0 aromatic carbocycles. The van der Waals surface area contributed by atoms with Gasteiger partial charge in [0.2, 0.25) is 0 Å². The van der Waals surface area contributed by atoms with E-state index in [1.54, 1.807) is 4.68 Å². The van der Waals surface area contributed by atoms with Crippen LogP contribution in [0.3, 0.4) is 0 Å². The first kappa shape index (κ1) is 10.7. The van der Waals surface area contributed by atoms with E-state index in [4.69, 9.17) is 0 Å². The van der Waals surface area contributed by atoms with Crippen LogP contribution in [0.1, 0.15) is 32.0 Å². The summed E-state index contributed by atoms with van der Waals surface area (Å²) in [5.74, 6) is 1.47. The molecule has 0 bridgehead atoms. The van der Waals surface area contributed by atoms with Crippen molar-refractivity contribution >= 4 is 5.97 Å². The smallest absolute Gasteiger partial charge is 0.310 e. The number of hydrogen-bond acceptors (Lipinski definition) is 3. The highest BCUT2D eigenvalue weighted by molar-refractivity contribution is 5.75. The molecule has 2 atom stereocenters. The van der Waals surface area contributed by atoms with E-state index < -0.39 is 11.4 Å². The molecule has 5 heteroatoms. The van der Waals surface area contributed by atoms with Crippen molar-refractivity contribution in [2.24, 2.45) is 17.3 Å². The van der Waals surface area contributed by atoms with Gasteiger partial charge >= 0.3 is 5.97 Å². The van der Waals surface area contributed by atoms with Gasteiger partial charge in [-0.2, -0.15) is 5.10 Å². The van der Waals surface area contributed by atoms with Crippen LogP contribution in [0.2, 0.25) is 0 Å². The minimum atomic E-state index is -0.657. The van der Waals surface area contributed by atoms with Gasteiger partial charge in [-0.1, -0.05) is 0 Å². The van der Waals surface area contributed by atoms with Crippen LogP contribution in [0.25, 0.3) is 0 Å². The molecule has 2 unspecified atom stereocenters. The fraction of sp³-hybridized carbons (Fsp3) is 0.750. The van der Waals surface area contributed by atoms with Gasteiger partial charge in [0, 0.05) is 13.0 Å². The average molecular weight is 235 g/mol. The Balaban J connectivity index is 1.84. The topological polar surface area (TPSA) is 68.0 Å². The molecular weight excluding hydrogens is 218 g/mol. The van der Waals surface area contributed by atoms with E-state index >= 15 is 0 Å². The Morgan fingerprint density at radius 2 is 2.29 bits per heavy atom. The number of carboxylic acids is 1. The predicted molar refractivity (Wildman–Crippen MR) is 60.3 cm³/mol. The van der Waals surface area contributed by atoms with Crippen LogP contribution in [-0.2, 0) is 17.8 Å². The first-order valence-electron chi connectivity index (χ1n) is 6.25. The summed E-state index contributed by atoms with van der Waals surface area (Å²) in [6, 6.07) is 0. The van der Waals surface area contributed by atoms with Crippen molar-refractivity contribution in [1.82, 2.24) is 14.8 Å². The second-order valence-corrected chi connectivity index (χ2v) is 5.42. The molecule has 0 aliphatic heterocycles. The first-order valence-corrected chi connectivity index (χ1v) is 6.25. The lowest BCUT2D eigenvalue weighted by Crippen LogP contribution is -2.33. The Morgan fingerprint density at radius 3 is 2.88 bits per heavy atom. The van der Waals surface area contributed by atoms with Gasteiger partial charge in [-0.3, -0.25) is 9.48 Å². The number of hydrogen-bond donors (Lipinski definition) is 1. The van der Waals surface area contributed by atoms with Crippen LogP contribution in [0, 0.1) is 17.3 Å². The Bertz CT molecular complexity index is 444. The summed E-state index contributed by atoms with van der Waals surface area (Å²) in [6.07, 6.45) is 4.93. The molecule has 0 amide bonds. The van der Waals surface area contributed by atoms with Crippen LogP contribution in [0.4, 0.5) is 0 Å². The number of fused-ring (bicyclic) bond motifs is 1. The maximum atomic E-state index is 11.6. The third-order valence-electron chi connectivity index (χ3n) is 4.32. The summed E-state index contributed by atoms with van der Waals surface area (Å²) in [4.78, 5) is 15.8. The zero-order chi connectivity index (χ0) is 12.0. The highest BCUT2D eigenvalue weighted by Crippen LogP contribution is 2.60. The van der Waals surface area contributed by atoms with Gasteiger partial charge in [0.15, 0.2) is 0 Å². The van der Waals surface area contributed by atoms with Crippen LogP contribution in [0.5, 0.6) is 0 Å². The van der Waals surface area contributed by atoms with Crippen LogP contribution < -0.4 is 0 Å². The molecule has 2 aliphatic carbocycles. The lowest BCUT2D eigenvalue weighted by Gasteiger charge is -2.25. The first-order chi connectivity index (χ1) is 8.14. The summed E-state index contributed by atoms with van der Waals surface area (Å²) in [7, 11) is 0. The molecule has 0 saturated heterocycles. The van der Waals surface area contributed by atoms with Gasteiger partial charge in [0.1, 0.15) is 12.2 Å². The number of carbonyl (C=O) groups is 1. The number of aliphatic carboxylic acids is 1. The Hall–Kier alpha value is -1.39. The molecule has 1 aromatic heterocycles. The summed E-state index contributed by atoms with van der Waals surface area (Å²) < 4.78 is 1.80. The largest absolute Gasteiger partial charge is 0.481 e. The second-order valence-electron chi connectivity index (χ2n) is 5.42. The molecule has 1 N–H and O–H groups in total. The minimum Gasteiger partial charge on any atom is -0.481 e. The zero-order valence-electron chi connectivity index (χ0n) is 9.96. The quantitative estimate of drug-likeness (QED) is 0.855. The minimum absolute atomic E-state index is 0.531. The lowest BCUT2D eigenvalue weighted by atomic mass is 9.79. The number of rotatable bonds is 4. The fourth-order valence-corrected chi connectivity index (χ4v) is 3.28. The highest BCUT2D eigenvalue weighted by Gasteiger charge is 2.57. The maximum absolute atomic E-state index is 11.6. The average Bonchev–Trinajstić information content (AvgIpc) is 2.76. The summed E-state index contributed by atoms with van der Waals surface area (Å²) in [5, 5.41) is 13.6. The van der Waals surface area contributed by atoms with Crippen LogP contribution in [0.15, 0.2) is 6.33 Å². The molecule has 3 rings (SSSR count). The molecule has 2 fully saturated rings. The van der Waals surface area contributed by atoms with Gasteiger partial charge in [-0.05, 0) is 38.0 Å².